The van der Waals surface area contributed by atoms with Crippen LogP contribution in [0.4, 0.5) is 4.79 Å². The minimum Gasteiger partial charge on any atom is -0.392 e. The topological polar surface area (TPSA) is 92.1 Å². The number of imidazole rings is 1. The maximum Gasteiger partial charge on any atom is 0.315 e. The summed E-state index contributed by atoms with van der Waals surface area (Å²) in [6.45, 7) is 4.12. The van der Waals surface area contributed by atoms with Crippen LogP contribution in [0.2, 0.25) is 0 Å². The quantitative estimate of drug-likeness (QED) is 0.757. The van der Waals surface area contributed by atoms with Crippen molar-refractivity contribution in [2.24, 2.45) is 0 Å². The molecule has 0 spiro atoms. The summed E-state index contributed by atoms with van der Waals surface area (Å²) in [5.74, 6) is 1.65. The molecule has 3 N–H and O–H groups in total. The summed E-state index contributed by atoms with van der Waals surface area (Å²) < 4.78 is 1.88. The lowest BCUT2D eigenvalue weighted by atomic mass is 10.3. The Hall–Kier alpha value is -2.41. The van der Waals surface area contributed by atoms with Crippen molar-refractivity contribution in [3.05, 3.63) is 42.1 Å². The number of aliphatic hydroxyl groups excluding tert-OH is 1. The summed E-state index contributed by atoms with van der Waals surface area (Å²) in [6.07, 6.45) is 4.72. The fraction of sp³-hybridized carbons (Fsp3) is 0.357. The van der Waals surface area contributed by atoms with Gasteiger partial charge >= 0.3 is 6.03 Å². The third-order valence-electron chi connectivity index (χ3n) is 2.89. The zero-order valence-corrected chi connectivity index (χ0v) is 12.1. The van der Waals surface area contributed by atoms with E-state index in [1.54, 1.807) is 19.3 Å². The monoisotopic (exact) mass is 289 g/mol. The van der Waals surface area contributed by atoms with Crippen molar-refractivity contribution in [1.82, 2.24) is 25.2 Å². The largest absolute Gasteiger partial charge is 0.392 e. The number of aromatic nitrogens is 3. The summed E-state index contributed by atoms with van der Waals surface area (Å²) in [4.78, 5) is 19.9. The molecule has 0 aromatic carbocycles. The minimum atomic E-state index is -0.560. The van der Waals surface area contributed by atoms with Crippen molar-refractivity contribution >= 4 is 6.03 Å². The Morgan fingerprint density at radius 2 is 2.19 bits per heavy atom. The molecule has 0 saturated heterocycles. The smallest absolute Gasteiger partial charge is 0.315 e. The fourth-order valence-corrected chi connectivity index (χ4v) is 1.77. The molecule has 0 aliphatic rings. The first-order chi connectivity index (χ1) is 10.1. The van der Waals surface area contributed by atoms with Crippen molar-refractivity contribution in [3.8, 4) is 5.82 Å². The van der Waals surface area contributed by atoms with Crippen LogP contribution >= 0.6 is 0 Å². The van der Waals surface area contributed by atoms with Gasteiger partial charge in [-0.2, -0.15) is 0 Å². The Balaban J connectivity index is 1.88. The number of aryl methyl sites for hydroxylation is 1. The molecule has 0 aliphatic heterocycles. The highest BCUT2D eigenvalue weighted by Crippen LogP contribution is 2.08. The number of nitrogens with zero attached hydrogens (tertiary/aromatic N) is 3. The van der Waals surface area contributed by atoms with E-state index in [0.717, 1.165) is 17.2 Å². The zero-order valence-electron chi connectivity index (χ0n) is 12.1. The number of aliphatic hydroxyl groups is 1. The van der Waals surface area contributed by atoms with E-state index in [4.69, 9.17) is 5.11 Å². The third-order valence-corrected chi connectivity index (χ3v) is 2.89. The van der Waals surface area contributed by atoms with Gasteiger partial charge in [-0.05, 0) is 25.5 Å². The number of hydrogen-bond acceptors (Lipinski definition) is 4. The van der Waals surface area contributed by atoms with E-state index in [1.165, 1.54) is 0 Å². The number of urea groups is 1. The molecule has 2 aromatic rings. The van der Waals surface area contributed by atoms with E-state index in [0.29, 0.717) is 6.54 Å². The van der Waals surface area contributed by atoms with Gasteiger partial charge in [0.25, 0.3) is 0 Å². The van der Waals surface area contributed by atoms with Crippen LogP contribution in [0.3, 0.4) is 0 Å². The first-order valence-electron chi connectivity index (χ1n) is 6.71. The molecule has 0 saturated carbocycles. The average molecular weight is 289 g/mol. The molecule has 112 valence electrons. The number of amides is 2. The molecule has 7 nitrogen and oxygen atoms in total. The molecule has 1 unspecified atom stereocenters. The second-order valence-electron chi connectivity index (χ2n) is 4.78. The Morgan fingerprint density at radius 1 is 1.38 bits per heavy atom. The predicted octanol–water partition coefficient (Wildman–Crippen LogP) is 0.756. The normalized spacial score (nSPS) is 12.0. The maximum atomic E-state index is 11.5. The summed E-state index contributed by atoms with van der Waals surface area (Å²) >= 11 is 0. The molecule has 7 heteroatoms. The van der Waals surface area contributed by atoms with Crippen molar-refractivity contribution in [2.45, 2.75) is 26.5 Å². The van der Waals surface area contributed by atoms with Gasteiger partial charge < -0.3 is 15.7 Å². The molecule has 2 heterocycles. The van der Waals surface area contributed by atoms with Crippen LogP contribution in [0.1, 0.15) is 18.3 Å². The number of nitrogens with one attached hydrogen (secondary N) is 2. The second-order valence-corrected chi connectivity index (χ2v) is 4.78. The number of carbonyl (C=O) groups is 1. The number of hydrogen-bond donors (Lipinski definition) is 3. The van der Waals surface area contributed by atoms with Crippen LogP contribution in [0.15, 0.2) is 30.7 Å². The molecule has 0 aliphatic carbocycles. The van der Waals surface area contributed by atoms with E-state index in [-0.39, 0.29) is 12.6 Å². The van der Waals surface area contributed by atoms with Crippen molar-refractivity contribution in [2.75, 3.05) is 6.54 Å². The predicted molar refractivity (Wildman–Crippen MR) is 78.0 cm³/mol. The van der Waals surface area contributed by atoms with E-state index < -0.39 is 6.10 Å². The van der Waals surface area contributed by atoms with E-state index in [1.807, 2.05) is 29.8 Å². The number of carbonyl (C=O) groups excluding carboxylic acids is 1. The molecule has 0 bridgehead atoms. The Bertz CT molecular complexity index is 592. The Morgan fingerprint density at radius 3 is 2.76 bits per heavy atom. The van der Waals surface area contributed by atoms with Gasteiger partial charge in [0.05, 0.1) is 6.10 Å². The molecular weight excluding hydrogens is 270 g/mol. The summed E-state index contributed by atoms with van der Waals surface area (Å²) in [5.41, 5.74) is 0.892. The molecule has 2 rings (SSSR count). The highest BCUT2D eigenvalue weighted by atomic mass is 16.3. The lowest BCUT2D eigenvalue weighted by molar-refractivity contribution is 0.187. The van der Waals surface area contributed by atoms with Crippen LogP contribution in [-0.4, -0.2) is 38.3 Å². The lowest BCUT2D eigenvalue weighted by Crippen LogP contribution is -2.38. The molecule has 2 aromatic heterocycles. The standard InChI is InChI=1S/C14H19N5O2/c1-10(20)7-17-14(21)18-9-12-3-4-13(16-8-12)19-6-5-15-11(19)2/h3-6,8,10,20H,7,9H2,1-2H3,(H2,17,18,21). The van der Waals surface area contributed by atoms with Gasteiger partial charge in [0.2, 0.25) is 0 Å². The Labute approximate surface area is 123 Å². The fourth-order valence-electron chi connectivity index (χ4n) is 1.77. The third kappa shape index (κ3) is 4.28. The van der Waals surface area contributed by atoms with Crippen molar-refractivity contribution in [1.29, 1.82) is 0 Å². The van der Waals surface area contributed by atoms with Gasteiger partial charge in [-0.15, -0.1) is 0 Å². The van der Waals surface area contributed by atoms with E-state index in [9.17, 15) is 4.79 Å². The highest BCUT2D eigenvalue weighted by Gasteiger charge is 2.04. The van der Waals surface area contributed by atoms with Crippen LogP contribution < -0.4 is 10.6 Å². The average Bonchev–Trinajstić information content (AvgIpc) is 2.89. The van der Waals surface area contributed by atoms with Crippen LogP contribution in [0.5, 0.6) is 0 Å². The second kappa shape index (κ2) is 6.85. The molecule has 21 heavy (non-hydrogen) atoms. The summed E-state index contributed by atoms with van der Waals surface area (Å²) in [7, 11) is 0. The summed E-state index contributed by atoms with van der Waals surface area (Å²) in [6, 6.07) is 3.46. The maximum absolute atomic E-state index is 11.5. The van der Waals surface area contributed by atoms with Gasteiger partial charge in [0.15, 0.2) is 0 Å². The first kappa shape index (κ1) is 15.0. The van der Waals surface area contributed by atoms with Crippen molar-refractivity contribution in [3.63, 3.8) is 0 Å². The van der Waals surface area contributed by atoms with Gasteiger partial charge in [0, 0.05) is 31.7 Å². The summed E-state index contributed by atoms with van der Waals surface area (Å²) in [5, 5.41) is 14.3. The minimum absolute atomic E-state index is 0.225. The van der Waals surface area contributed by atoms with Gasteiger partial charge in [-0.1, -0.05) is 6.07 Å². The molecule has 1 atom stereocenters. The molecule has 0 fully saturated rings. The first-order valence-corrected chi connectivity index (χ1v) is 6.71. The van der Waals surface area contributed by atoms with E-state index >= 15 is 0 Å². The molecular formula is C14H19N5O2. The van der Waals surface area contributed by atoms with Gasteiger partial charge in [0.1, 0.15) is 11.6 Å². The molecule has 2 amide bonds. The van der Waals surface area contributed by atoms with Crippen LogP contribution in [0.25, 0.3) is 5.82 Å². The number of rotatable bonds is 5. The Kier molecular flexibility index (Phi) is 4.89. The van der Waals surface area contributed by atoms with Gasteiger partial charge in [-0.3, -0.25) is 4.57 Å². The van der Waals surface area contributed by atoms with Gasteiger partial charge in [-0.25, -0.2) is 14.8 Å². The zero-order chi connectivity index (χ0) is 15.2. The SMILES string of the molecule is Cc1nccn1-c1ccc(CNC(=O)NCC(C)O)cn1. The van der Waals surface area contributed by atoms with Crippen molar-refractivity contribution < 1.29 is 9.90 Å². The lowest BCUT2D eigenvalue weighted by Gasteiger charge is -2.09. The van der Waals surface area contributed by atoms with E-state index in [2.05, 4.69) is 20.6 Å². The van der Waals surface area contributed by atoms with Crippen LogP contribution in [0, 0.1) is 6.92 Å². The molecule has 0 radical (unpaired) electrons. The van der Waals surface area contributed by atoms with Crippen LogP contribution in [-0.2, 0) is 6.54 Å². The number of pyridine rings is 1. The highest BCUT2D eigenvalue weighted by molar-refractivity contribution is 5.73.